The van der Waals surface area contributed by atoms with Crippen LogP contribution in [0.25, 0.3) is 0 Å². The van der Waals surface area contributed by atoms with E-state index in [9.17, 15) is 9.90 Å². The molecule has 2 unspecified atom stereocenters. The molecule has 0 aliphatic heterocycles. The van der Waals surface area contributed by atoms with Crippen LogP contribution in [0.4, 0.5) is 0 Å². The molecule has 0 spiro atoms. The van der Waals surface area contributed by atoms with Crippen LogP contribution in [0.15, 0.2) is 18.2 Å². The second-order valence-corrected chi connectivity index (χ2v) is 4.85. The highest BCUT2D eigenvalue weighted by atomic mass is 16.5. The second-order valence-electron chi connectivity index (χ2n) is 4.85. The Balaban J connectivity index is 2.73. The van der Waals surface area contributed by atoms with Crippen molar-refractivity contribution in [3.63, 3.8) is 0 Å². The molecule has 1 aromatic carbocycles. The molecule has 0 aliphatic carbocycles. The minimum atomic E-state index is -0.893. The lowest BCUT2D eigenvalue weighted by Gasteiger charge is -2.19. The quantitative estimate of drug-likeness (QED) is 0.678. The van der Waals surface area contributed by atoms with Crippen molar-refractivity contribution in [2.45, 2.75) is 38.8 Å². The standard InChI is InChI=1S/C15H23NO4/c1-4-5-12(15(18)19)16-9-13(17)11-8-10(2)6-7-14(11)20-3/h6-8,12-13,16-17H,4-5,9H2,1-3H3,(H,18,19). The van der Waals surface area contributed by atoms with Crippen molar-refractivity contribution in [1.29, 1.82) is 0 Å². The summed E-state index contributed by atoms with van der Waals surface area (Å²) in [5.74, 6) is -0.289. The van der Waals surface area contributed by atoms with Crippen molar-refractivity contribution in [2.24, 2.45) is 0 Å². The fraction of sp³-hybridized carbons (Fsp3) is 0.533. The molecule has 0 amide bonds. The number of methoxy groups -OCH3 is 1. The smallest absolute Gasteiger partial charge is 0.320 e. The van der Waals surface area contributed by atoms with E-state index in [1.165, 1.54) is 0 Å². The molecule has 20 heavy (non-hydrogen) atoms. The molecule has 0 aromatic heterocycles. The van der Waals surface area contributed by atoms with Crippen LogP contribution in [0.1, 0.15) is 37.0 Å². The predicted octanol–water partition coefficient (Wildman–Crippen LogP) is 1.88. The molecule has 0 aliphatic rings. The summed E-state index contributed by atoms with van der Waals surface area (Å²) in [5, 5.41) is 22.2. The third-order valence-corrected chi connectivity index (χ3v) is 3.18. The van der Waals surface area contributed by atoms with Crippen LogP contribution < -0.4 is 10.1 Å². The number of rotatable bonds is 8. The predicted molar refractivity (Wildman–Crippen MR) is 77.0 cm³/mol. The average Bonchev–Trinajstić information content (AvgIpc) is 2.42. The largest absolute Gasteiger partial charge is 0.496 e. The van der Waals surface area contributed by atoms with Crippen LogP contribution >= 0.6 is 0 Å². The van der Waals surface area contributed by atoms with Crippen LogP contribution in [-0.2, 0) is 4.79 Å². The molecule has 0 bridgehead atoms. The second kappa shape index (κ2) is 7.87. The summed E-state index contributed by atoms with van der Waals surface area (Å²) in [7, 11) is 1.55. The first-order chi connectivity index (χ1) is 9.49. The molecule has 0 heterocycles. The molecule has 3 N–H and O–H groups in total. The van der Waals surface area contributed by atoms with Gasteiger partial charge in [-0.05, 0) is 25.5 Å². The molecular formula is C15H23NO4. The maximum Gasteiger partial charge on any atom is 0.320 e. The summed E-state index contributed by atoms with van der Waals surface area (Å²) in [6, 6.07) is 4.92. The summed E-state index contributed by atoms with van der Waals surface area (Å²) >= 11 is 0. The van der Waals surface area contributed by atoms with Crippen LogP contribution in [0.3, 0.4) is 0 Å². The van der Waals surface area contributed by atoms with E-state index < -0.39 is 18.1 Å². The van der Waals surface area contributed by atoms with Crippen molar-refractivity contribution >= 4 is 5.97 Å². The van der Waals surface area contributed by atoms with Gasteiger partial charge in [-0.25, -0.2) is 0 Å². The van der Waals surface area contributed by atoms with E-state index in [-0.39, 0.29) is 6.54 Å². The van der Waals surface area contributed by atoms with E-state index in [1.54, 1.807) is 13.2 Å². The van der Waals surface area contributed by atoms with Gasteiger partial charge in [0.15, 0.2) is 0 Å². The number of carbonyl (C=O) groups is 1. The first-order valence-electron chi connectivity index (χ1n) is 6.78. The number of aliphatic carboxylic acids is 1. The van der Waals surface area contributed by atoms with E-state index in [1.807, 2.05) is 26.0 Å². The molecule has 0 radical (unpaired) electrons. The maximum absolute atomic E-state index is 11.0. The molecule has 112 valence electrons. The van der Waals surface area contributed by atoms with Gasteiger partial charge < -0.3 is 20.3 Å². The molecular weight excluding hydrogens is 258 g/mol. The number of benzene rings is 1. The number of aryl methyl sites for hydroxylation is 1. The number of hydrogen-bond acceptors (Lipinski definition) is 4. The number of aliphatic hydroxyl groups excluding tert-OH is 1. The van der Waals surface area contributed by atoms with Gasteiger partial charge in [0.1, 0.15) is 11.8 Å². The van der Waals surface area contributed by atoms with Gasteiger partial charge in [-0.15, -0.1) is 0 Å². The van der Waals surface area contributed by atoms with Gasteiger partial charge in [-0.1, -0.05) is 25.0 Å². The highest BCUT2D eigenvalue weighted by Crippen LogP contribution is 2.26. The summed E-state index contributed by atoms with van der Waals surface area (Å²) in [6.07, 6.45) is 0.504. The lowest BCUT2D eigenvalue weighted by Crippen LogP contribution is -2.38. The normalized spacial score (nSPS) is 13.8. The molecule has 5 nitrogen and oxygen atoms in total. The van der Waals surface area contributed by atoms with E-state index in [0.717, 1.165) is 12.0 Å². The number of ether oxygens (including phenoxy) is 1. The molecule has 5 heteroatoms. The van der Waals surface area contributed by atoms with Crippen LogP contribution in [0.2, 0.25) is 0 Å². The van der Waals surface area contributed by atoms with Crippen LogP contribution in [-0.4, -0.2) is 35.9 Å². The maximum atomic E-state index is 11.0. The molecule has 1 rings (SSSR count). The van der Waals surface area contributed by atoms with E-state index in [4.69, 9.17) is 9.84 Å². The fourth-order valence-electron chi connectivity index (χ4n) is 2.08. The zero-order valence-electron chi connectivity index (χ0n) is 12.2. The van der Waals surface area contributed by atoms with Crippen molar-refractivity contribution in [3.8, 4) is 5.75 Å². The summed E-state index contributed by atoms with van der Waals surface area (Å²) in [5.41, 5.74) is 1.68. The zero-order chi connectivity index (χ0) is 15.1. The summed E-state index contributed by atoms with van der Waals surface area (Å²) in [4.78, 5) is 11.0. The minimum absolute atomic E-state index is 0.177. The minimum Gasteiger partial charge on any atom is -0.496 e. The van der Waals surface area contributed by atoms with Crippen molar-refractivity contribution in [3.05, 3.63) is 29.3 Å². The van der Waals surface area contributed by atoms with Gasteiger partial charge in [0.2, 0.25) is 0 Å². The third kappa shape index (κ3) is 4.51. The Morgan fingerprint density at radius 1 is 1.45 bits per heavy atom. The Hall–Kier alpha value is -1.59. The molecule has 2 atom stereocenters. The van der Waals surface area contributed by atoms with E-state index >= 15 is 0 Å². The van der Waals surface area contributed by atoms with Gasteiger partial charge in [0.25, 0.3) is 0 Å². The molecule has 0 fully saturated rings. The van der Waals surface area contributed by atoms with Crippen molar-refractivity contribution in [1.82, 2.24) is 5.32 Å². The van der Waals surface area contributed by atoms with Gasteiger partial charge in [-0.2, -0.15) is 0 Å². The van der Waals surface area contributed by atoms with Gasteiger partial charge >= 0.3 is 5.97 Å². The lowest BCUT2D eigenvalue weighted by molar-refractivity contribution is -0.139. The molecule has 0 saturated carbocycles. The summed E-state index contributed by atoms with van der Waals surface area (Å²) < 4.78 is 5.22. The van der Waals surface area contributed by atoms with Crippen molar-refractivity contribution in [2.75, 3.05) is 13.7 Å². The van der Waals surface area contributed by atoms with Gasteiger partial charge in [0.05, 0.1) is 13.2 Å². The Kier molecular flexibility index (Phi) is 6.48. The Morgan fingerprint density at radius 3 is 2.70 bits per heavy atom. The van der Waals surface area contributed by atoms with E-state index in [2.05, 4.69) is 5.32 Å². The summed E-state index contributed by atoms with van der Waals surface area (Å²) in [6.45, 7) is 4.04. The van der Waals surface area contributed by atoms with Crippen LogP contribution in [0.5, 0.6) is 5.75 Å². The molecule has 0 saturated heterocycles. The SMILES string of the molecule is CCCC(NCC(O)c1cc(C)ccc1OC)C(=O)O. The Morgan fingerprint density at radius 2 is 2.15 bits per heavy atom. The number of carboxylic acid groups (broad SMARTS) is 1. The number of aliphatic hydroxyl groups is 1. The lowest BCUT2D eigenvalue weighted by atomic mass is 10.0. The fourth-order valence-corrected chi connectivity index (χ4v) is 2.08. The molecule has 1 aromatic rings. The number of nitrogens with one attached hydrogen (secondary N) is 1. The first-order valence-corrected chi connectivity index (χ1v) is 6.78. The zero-order valence-corrected chi connectivity index (χ0v) is 12.2. The Bertz CT molecular complexity index is 447. The highest BCUT2D eigenvalue weighted by Gasteiger charge is 2.19. The first kappa shape index (κ1) is 16.5. The van der Waals surface area contributed by atoms with Crippen molar-refractivity contribution < 1.29 is 19.7 Å². The Labute approximate surface area is 119 Å². The number of hydrogen-bond donors (Lipinski definition) is 3. The number of carboxylic acids is 1. The third-order valence-electron chi connectivity index (χ3n) is 3.18. The monoisotopic (exact) mass is 281 g/mol. The van der Waals surface area contributed by atoms with E-state index in [0.29, 0.717) is 17.7 Å². The average molecular weight is 281 g/mol. The highest BCUT2D eigenvalue weighted by molar-refractivity contribution is 5.73. The van der Waals surface area contributed by atoms with Gasteiger partial charge in [0, 0.05) is 12.1 Å². The van der Waals surface area contributed by atoms with Crippen LogP contribution in [0, 0.1) is 6.92 Å². The topological polar surface area (TPSA) is 78.8 Å². The van der Waals surface area contributed by atoms with Gasteiger partial charge in [-0.3, -0.25) is 4.79 Å².